The third-order valence-corrected chi connectivity index (χ3v) is 3.01. The minimum atomic E-state index is -0.814. The lowest BCUT2D eigenvalue weighted by Gasteiger charge is -2.21. The van der Waals surface area contributed by atoms with Crippen molar-refractivity contribution in [2.45, 2.75) is 60.2 Å². The Bertz CT molecular complexity index is 302. The maximum absolute atomic E-state index is 12.0. The van der Waals surface area contributed by atoms with Gasteiger partial charge >= 0.3 is 11.9 Å². The molecule has 5 nitrogen and oxygen atoms in total. The molecule has 0 bridgehead atoms. The molecule has 118 valence electrons. The second kappa shape index (κ2) is 9.75. The lowest BCUT2D eigenvalue weighted by atomic mass is 9.98. The molecule has 0 aromatic rings. The molecule has 0 aromatic carbocycles. The van der Waals surface area contributed by atoms with Crippen molar-refractivity contribution in [3.63, 3.8) is 0 Å². The molecule has 0 radical (unpaired) electrons. The number of nitrogens with two attached hydrogens (primary N) is 1. The standard InChI is InChI=1S/C15H29NO4/c1-6-13(19-14(17)11(4)5)20-15(18)12(9-16)8-7-10(2)3/h10-13H,6-9,16H2,1-5H3/t12-,13?/m0/s1. The van der Waals surface area contributed by atoms with Crippen LogP contribution in [0.4, 0.5) is 0 Å². The molecule has 0 spiro atoms. The molecule has 1 unspecified atom stereocenters. The largest absolute Gasteiger partial charge is 0.425 e. The number of hydrogen-bond acceptors (Lipinski definition) is 5. The van der Waals surface area contributed by atoms with Crippen molar-refractivity contribution in [3.05, 3.63) is 0 Å². The van der Waals surface area contributed by atoms with Crippen molar-refractivity contribution in [2.24, 2.45) is 23.5 Å². The van der Waals surface area contributed by atoms with E-state index >= 15 is 0 Å². The van der Waals surface area contributed by atoms with Gasteiger partial charge in [-0.25, -0.2) is 0 Å². The van der Waals surface area contributed by atoms with Crippen molar-refractivity contribution in [1.82, 2.24) is 0 Å². The van der Waals surface area contributed by atoms with E-state index in [0.717, 1.165) is 6.42 Å². The van der Waals surface area contributed by atoms with Gasteiger partial charge in [0.2, 0.25) is 6.29 Å². The molecule has 2 atom stereocenters. The normalized spacial score (nSPS) is 14.2. The van der Waals surface area contributed by atoms with Crippen LogP contribution in [0, 0.1) is 17.8 Å². The summed E-state index contributed by atoms with van der Waals surface area (Å²) >= 11 is 0. The highest BCUT2D eigenvalue weighted by atomic mass is 16.7. The second-order valence-corrected chi connectivity index (χ2v) is 5.77. The summed E-state index contributed by atoms with van der Waals surface area (Å²) in [6.07, 6.45) is 1.23. The molecular weight excluding hydrogens is 258 g/mol. The van der Waals surface area contributed by atoms with Gasteiger partial charge in [0.15, 0.2) is 0 Å². The summed E-state index contributed by atoms with van der Waals surface area (Å²) in [7, 11) is 0. The summed E-state index contributed by atoms with van der Waals surface area (Å²) < 4.78 is 10.4. The van der Waals surface area contributed by atoms with Crippen molar-refractivity contribution < 1.29 is 19.1 Å². The fraction of sp³-hybridized carbons (Fsp3) is 0.867. The first-order valence-electron chi connectivity index (χ1n) is 7.42. The molecule has 20 heavy (non-hydrogen) atoms. The molecule has 0 amide bonds. The van der Waals surface area contributed by atoms with Crippen molar-refractivity contribution in [3.8, 4) is 0 Å². The number of carbonyl (C=O) groups excluding carboxylic acids is 2. The van der Waals surface area contributed by atoms with Crippen LogP contribution in [0.2, 0.25) is 0 Å². The van der Waals surface area contributed by atoms with E-state index in [9.17, 15) is 9.59 Å². The highest BCUT2D eigenvalue weighted by Gasteiger charge is 2.24. The zero-order chi connectivity index (χ0) is 15.7. The van der Waals surface area contributed by atoms with Crippen LogP contribution in [0.25, 0.3) is 0 Å². The maximum Gasteiger partial charge on any atom is 0.313 e. The smallest absolute Gasteiger partial charge is 0.313 e. The Morgan fingerprint density at radius 1 is 1.00 bits per heavy atom. The quantitative estimate of drug-likeness (QED) is 0.520. The van der Waals surface area contributed by atoms with E-state index in [4.69, 9.17) is 15.2 Å². The first kappa shape index (κ1) is 18.9. The minimum absolute atomic E-state index is 0.242. The zero-order valence-electron chi connectivity index (χ0n) is 13.3. The lowest BCUT2D eigenvalue weighted by molar-refractivity contribution is -0.193. The Labute approximate surface area is 122 Å². The lowest BCUT2D eigenvalue weighted by Crippen LogP contribution is -2.32. The van der Waals surface area contributed by atoms with Gasteiger partial charge in [-0.2, -0.15) is 0 Å². The van der Waals surface area contributed by atoms with E-state index in [1.165, 1.54) is 0 Å². The molecule has 0 aliphatic carbocycles. The summed E-state index contributed by atoms with van der Waals surface area (Å²) in [5.41, 5.74) is 5.62. The van der Waals surface area contributed by atoms with E-state index in [0.29, 0.717) is 18.8 Å². The molecule has 0 aromatic heterocycles. The molecule has 0 aliphatic heterocycles. The van der Waals surface area contributed by atoms with Gasteiger partial charge in [0.05, 0.1) is 11.8 Å². The van der Waals surface area contributed by atoms with Crippen LogP contribution in [0.5, 0.6) is 0 Å². The molecule has 0 saturated heterocycles. The maximum atomic E-state index is 12.0. The van der Waals surface area contributed by atoms with E-state index in [1.807, 2.05) is 0 Å². The molecule has 0 aliphatic rings. The average molecular weight is 287 g/mol. The van der Waals surface area contributed by atoms with Gasteiger partial charge in [0.25, 0.3) is 0 Å². The van der Waals surface area contributed by atoms with Gasteiger partial charge in [-0.05, 0) is 12.3 Å². The van der Waals surface area contributed by atoms with E-state index in [2.05, 4.69) is 13.8 Å². The number of esters is 2. The first-order valence-corrected chi connectivity index (χ1v) is 7.42. The summed E-state index contributed by atoms with van der Waals surface area (Å²) in [6.45, 7) is 9.72. The summed E-state index contributed by atoms with van der Waals surface area (Å²) in [5.74, 6) is -0.802. The molecular formula is C15H29NO4. The van der Waals surface area contributed by atoms with Gasteiger partial charge in [0.1, 0.15) is 0 Å². The van der Waals surface area contributed by atoms with Crippen LogP contribution in [0.1, 0.15) is 53.9 Å². The zero-order valence-corrected chi connectivity index (χ0v) is 13.3. The summed E-state index contributed by atoms with van der Waals surface area (Å²) in [6, 6.07) is 0. The van der Waals surface area contributed by atoms with Crippen LogP contribution in [-0.2, 0) is 19.1 Å². The Hall–Kier alpha value is -1.10. The minimum Gasteiger partial charge on any atom is -0.425 e. The predicted molar refractivity (Wildman–Crippen MR) is 77.7 cm³/mol. The Kier molecular flexibility index (Phi) is 9.21. The number of ether oxygens (including phenoxy) is 2. The van der Waals surface area contributed by atoms with Crippen molar-refractivity contribution in [1.29, 1.82) is 0 Å². The molecule has 0 heterocycles. The monoisotopic (exact) mass is 287 g/mol. The fourth-order valence-corrected chi connectivity index (χ4v) is 1.55. The molecule has 0 fully saturated rings. The Morgan fingerprint density at radius 2 is 1.55 bits per heavy atom. The van der Waals surface area contributed by atoms with Gasteiger partial charge in [0, 0.05) is 13.0 Å². The van der Waals surface area contributed by atoms with Crippen LogP contribution in [0.15, 0.2) is 0 Å². The van der Waals surface area contributed by atoms with Crippen LogP contribution >= 0.6 is 0 Å². The SMILES string of the molecule is CCC(OC(=O)C(C)C)OC(=O)[C@H](CN)CCC(C)C. The number of hydrogen-bond donors (Lipinski definition) is 1. The molecule has 0 saturated carbocycles. The summed E-state index contributed by atoms with van der Waals surface area (Å²) in [5, 5.41) is 0. The Balaban J connectivity index is 4.39. The Morgan fingerprint density at radius 3 is 1.95 bits per heavy atom. The second-order valence-electron chi connectivity index (χ2n) is 5.77. The van der Waals surface area contributed by atoms with Crippen molar-refractivity contribution >= 4 is 11.9 Å². The van der Waals surface area contributed by atoms with Crippen molar-refractivity contribution in [2.75, 3.05) is 6.54 Å². The van der Waals surface area contributed by atoms with E-state index in [-0.39, 0.29) is 30.3 Å². The predicted octanol–water partition coefficient (Wildman–Crippen LogP) is 2.48. The third kappa shape index (κ3) is 7.48. The highest BCUT2D eigenvalue weighted by Crippen LogP contribution is 2.15. The van der Waals surface area contributed by atoms with Crippen LogP contribution < -0.4 is 5.73 Å². The molecule has 5 heteroatoms. The van der Waals surface area contributed by atoms with Gasteiger partial charge in [-0.15, -0.1) is 0 Å². The third-order valence-electron chi connectivity index (χ3n) is 3.01. The van der Waals surface area contributed by atoms with E-state index in [1.54, 1.807) is 20.8 Å². The number of carbonyl (C=O) groups is 2. The van der Waals surface area contributed by atoms with Gasteiger partial charge in [-0.3, -0.25) is 9.59 Å². The number of rotatable bonds is 9. The van der Waals surface area contributed by atoms with E-state index < -0.39 is 6.29 Å². The highest BCUT2D eigenvalue weighted by molar-refractivity contribution is 5.74. The van der Waals surface area contributed by atoms with Gasteiger partial charge < -0.3 is 15.2 Å². The summed E-state index contributed by atoms with van der Waals surface area (Å²) in [4.78, 5) is 23.5. The topological polar surface area (TPSA) is 78.6 Å². The first-order chi connectivity index (χ1) is 9.31. The molecule has 2 N–H and O–H groups in total. The fourth-order valence-electron chi connectivity index (χ4n) is 1.55. The van der Waals surface area contributed by atoms with Crippen LogP contribution in [0.3, 0.4) is 0 Å². The molecule has 0 rings (SSSR count). The van der Waals surface area contributed by atoms with Gasteiger partial charge in [-0.1, -0.05) is 41.0 Å². The van der Waals surface area contributed by atoms with Crippen LogP contribution in [-0.4, -0.2) is 24.8 Å². The average Bonchev–Trinajstić information content (AvgIpc) is 2.37.